The molecule has 124 valence electrons. The highest BCUT2D eigenvalue weighted by Crippen LogP contribution is 2.38. The highest BCUT2D eigenvalue weighted by molar-refractivity contribution is 5.85. The van der Waals surface area contributed by atoms with Crippen molar-refractivity contribution in [2.45, 2.75) is 6.42 Å². The molecular formula is C18H17ClN2O3. The van der Waals surface area contributed by atoms with Crippen molar-refractivity contribution in [3.8, 4) is 5.75 Å². The molecule has 1 aliphatic rings. The van der Waals surface area contributed by atoms with Crippen LogP contribution in [0.1, 0.15) is 6.42 Å². The molecule has 1 N–H and O–H groups in total. The maximum Gasteiger partial charge on any atom is 0.305 e. The summed E-state index contributed by atoms with van der Waals surface area (Å²) >= 11 is 0. The van der Waals surface area contributed by atoms with E-state index in [1.54, 1.807) is 12.3 Å². The lowest BCUT2D eigenvalue weighted by Crippen LogP contribution is -2.23. The molecule has 0 aromatic heterocycles. The number of carbonyl (C=O) groups is 1. The van der Waals surface area contributed by atoms with Gasteiger partial charge in [0.1, 0.15) is 0 Å². The molecule has 0 saturated heterocycles. The molecular weight excluding hydrogens is 328 g/mol. The molecule has 0 radical (unpaired) electrons. The normalized spacial score (nSPS) is 14.3. The van der Waals surface area contributed by atoms with Crippen molar-refractivity contribution in [1.82, 2.24) is 0 Å². The average Bonchev–Trinajstić information content (AvgIpc) is 2.91. The lowest BCUT2D eigenvalue weighted by molar-refractivity contribution is -0.136. The second-order valence-electron chi connectivity index (χ2n) is 4.98. The maximum absolute atomic E-state index is 10.9. The molecule has 0 spiro atoms. The number of carboxylic acid groups (broad SMARTS) is 1. The summed E-state index contributed by atoms with van der Waals surface area (Å²) < 4.78 is 5.79. The van der Waals surface area contributed by atoms with E-state index in [0.717, 1.165) is 17.1 Å². The summed E-state index contributed by atoms with van der Waals surface area (Å²) in [6.45, 7) is 0.345. The predicted octanol–water partition coefficient (Wildman–Crippen LogP) is 4.03. The maximum atomic E-state index is 10.9. The Balaban J connectivity index is 0.00000208. The van der Waals surface area contributed by atoms with Crippen molar-refractivity contribution in [1.29, 1.82) is 0 Å². The van der Waals surface area contributed by atoms with Crippen molar-refractivity contribution in [2.75, 3.05) is 11.4 Å². The SMILES string of the molecule is Cl.O=C(O)CCN1C(=CC=Nc2ccccc2)Oc2ccccc21. The molecule has 0 unspecified atom stereocenters. The molecule has 0 fully saturated rings. The van der Waals surface area contributed by atoms with E-state index < -0.39 is 5.97 Å². The molecule has 1 aliphatic heterocycles. The summed E-state index contributed by atoms with van der Waals surface area (Å²) in [7, 11) is 0. The molecule has 0 bridgehead atoms. The van der Waals surface area contributed by atoms with Gasteiger partial charge in [0.2, 0.25) is 5.88 Å². The van der Waals surface area contributed by atoms with Gasteiger partial charge in [-0.2, -0.15) is 0 Å². The van der Waals surface area contributed by atoms with Gasteiger partial charge in [-0.3, -0.25) is 9.79 Å². The van der Waals surface area contributed by atoms with Gasteiger partial charge in [-0.05, 0) is 24.3 Å². The van der Waals surface area contributed by atoms with Crippen molar-refractivity contribution in [2.24, 2.45) is 4.99 Å². The Morgan fingerprint density at radius 2 is 1.83 bits per heavy atom. The van der Waals surface area contributed by atoms with Crippen molar-refractivity contribution in [3.63, 3.8) is 0 Å². The summed E-state index contributed by atoms with van der Waals surface area (Å²) in [4.78, 5) is 17.0. The lowest BCUT2D eigenvalue weighted by Gasteiger charge is -2.16. The number of para-hydroxylation sites is 3. The first-order chi connectivity index (χ1) is 11.2. The van der Waals surface area contributed by atoms with E-state index in [0.29, 0.717) is 12.4 Å². The van der Waals surface area contributed by atoms with Gasteiger partial charge in [0.25, 0.3) is 0 Å². The summed E-state index contributed by atoms with van der Waals surface area (Å²) in [5, 5.41) is 8.92. The molecule has 24 heavy (non-hydrogen) atoms. The third-order valence-corrected chi connectivity index (χ3v) is 3.38. The van der Waals surface area contributed by atoms with Gasteiger partial charge in [0.05, 0.1) is 17.8 Å². The quantitative estimate of drug-likeness (QED) is 0.832. The van der Waals surface area contributed by atoms with Crippen LogP contribution in [0.3, 0.4) is 0 Å². The Labute approximate surface area is 146 Å². The zero-order valence-corrected chi connectivity index (χ0v) is 13.6. The summed E-state index contributed by atoms with van der Waals surface area (Å²) in [6, 6.07) is 17.1. The monoisotopic (exact) mass is 344 g/mol. The van der Waals surface area contributed by atoms with E-state index >= 15 is 0 Å². The average molecular weight is 345 g/mol. The smallest absolute Gasteiger partial charge is 0.305 e. The van der Waals surface area contributed by atoms with Crippen LogP contribution >= 0.6 is 12.4 Å². The molecule has 2 aromatic rings. The molecule has 0 saturated carbocycles. The Kier molecular flexibility index (Phi) is 5.98. The fourth-order valence-corrected chi connectivity index (χ4v) is 2.32. The Bertz CT molecular complexity index is 760. The van der Waals surface area contributed by atoms with Crippen LogP contribution in [0.2, 0.25) is 0 Å². The summed E-state index contributed by atoms with van der Waals surface area (Å²) in [5.41, 5.74) is 1.71. The number of hydrogen-bond donors (Lipinski definition) is 1. The number of fused-ring (bicyclic) bond motifs is 1. The van der Waals surface area contributed by atoms with Gasteiger partial charge >= 0.3 is 5.97 Å². The minimum atomic E-state index is -0.841. The van der Waals surface area contributed by atoms with Crippen LogP contribution in [0.4, 0.5) is 11.4 Å². The Morgan fingerprint density at radius 1 is 1.12 bits per heavy atom. The number of nitrogens with zero attached hydrogens (tertiary/aromatic N) is 2. The van der Waals surface area contributed by atoms with E-state index in [9.17, 15) is 4.79 Å². The van der Waals surface area contributed by atoms with Crippen LogP contribution < -0.4 is 9.64 Å². The van der Waals surface area contributed by atoms with Gasteiger partial charge in [0, 0.05) is 18.8 Å². The van der Waals surface area contributed by atoms with Crippen LogP contribution in [0.25, 0.3) is 0 Å². The number of allylic oxidation sites excluding steroid dienone is 1. The standard InChI is InChI=1S/C18H16N2O3.ClH/c21-18(22)11-13-20-15-8-4-5-9-16(15)23-17(20)10-12-19-14-6-2-1-3-7-14;/h1-10,12H,11,13H2,(H,21,22);1H. The minimum Gasteiger partial charge on any atom is -0.481 e. The fraction of sp³-hybridized carbons (Fsp3) is 0.111. The highest BCUT2D eigenvalue weighted by atomic mass is 35.5. The summed E-state index contributed by atoms with van der Waals surface area (Å²) in [5.74, 6) is 0.455. The number of hydrogen-bond acceptors (Lipinski definition) is 4. The first-order valence-electron chi connectivity index (χ1n) is 7.29. The number of aliphatic carboxylic acids is 1. The Morgan fingerprint density at radius 3 is 2.58 bits per heavy atom. The van der Waals surface area contributed by atoms with E-state index in [2.05, 4.69) is 4.99 Å². The predicted molar refractivity (Wildman–Crippen MR) is 96.6 cm³/mol. The highest BCUT2D eigenvalue weighted by Gasteiger charge is 2.25. The second-order valence-corrected chi connectivity index (χ2v) is 4.98. The fourth-order valence-electron chi connectivity index (χ4n) is 2.32. The van der Waals surface area contributed by atoms with Crippen LogP contribution in [-0.2, 0) is 4.79 Å². The lowest BCUT2D eigenvalue weighted by atomic mass is 10.2. The van der Waals surface area contributed by atoms with Gasteiger partial charge in [-0.15, -0.1) is 12.4 Å². The molecule has 0 amide bonds. The first-order valence-corrected chi connectivity index (χ1v) is 7.29. The van der Waals surface area contributed by atoms with Crippen LogP contribution in [-0.4, -0.2) is 23.8 Å². The zero-order valence-electron chi connectivity index (χ0n) is 12.8. The van der Waals surface area contributed by atoms with Crippen LogP contribution in [0.15, 0.2) is 71.5 Å². The number of benzene rings is 2. The van der Waals surface area contributed by atoms with Gasteiger partial charge < -0.3 is 14.7 Å². The number of halogens is 1. The van der Waals surface area contributed by atoms with Crippen molar-refractivity contribution < 1.29 is 14.6 Å². The molecule has 2 aromatic carbocycles. The van der Waals surface area contributed by atoms with Crippen LogP contribution in [0.5, 0.6) is 5.75 Å². The molecule has 6 heteroatoms. The molecule has 1 heterocycles. The minimum absolute atomic E-state index is 0. The van der Waals surface area contributed by atoms with Gasteiger partial charge in [-0.25, -0.2) is 0 Å². The van der Waals surface area contributed by atoms with E-state index in [-0.39, 0.29) is 18.8 Å². The van der Waals surface area contributed by atoms with Gasteiger partial charge in [-0.1, -0.05) is 30.3 Å². The zero-order chi connectivity index (χ0) is 16.1. The largest absolute Gasteiger partial charge is 0.481 e. The molecule has 0 atom stereocenters. The van der Waals surface area contributed by atoms with E-state index in [1.165, 1.54) is 0 Å². The third-order valence-electron chi connectivity index (χ3n) is 3.38. The number of rotatable bonds is 5. The molecule has 5 nitrogen and oxygen atoms in total. The molecule has 3 rings (SSSR count). The van der Waals surface area contributed by atoms with E-state index in [1.807, 2.05) is 59.5 Å². The van der Waals surface area contributed by atoms with Crippen LogP contribution in [0, 0.1) is 0 Å². The number of carboxylic acids is 1. The topological polar surface area (TPSA) is 62.1 Å². The number of ether oxygens (including phenoxy) is 1. The number of anilines is 1. The number of aliphatic imine (C=N–C) groups is 1. The van der Waals surface area contributed by atoms with Gasteiger partial charge in [0.15, 0.2) is 5.75 Å². The van der Waals surface area contributed by atoms with E-state index in [4.69, 9.17) is 9.84 Å². The first kappa shape index (κ1) is 17.6. The third kappa shape index (κ3) is 4.14. The molecule has 0 aliphatic carbocycles. The Hall–Kier alpha value is -2.79. The van der Waals surface area contributed by atoms with Crippen molar-refractivity contribution in [3.05, 3.63) is 66.6 Å². The second kappa shape index (κ2) is 8.17. The summed E-state index contributed by atoms with van der Waals surface area (Å²) in [6.07, 6.45) is 3.43. The van der Waals surface area contributed by atoms with Crippen molar-refractivity contribution >= 4 is 36.0 Å².